The Hall–Kier alpha value is -3.12. The summed E-state index contributed by atoms with van der Waals surface area (Å²) >= 11 is 0. The van der Waals surface area contributed by atoms with E-state index in [2.05, 4.69) is 17.1 Å². The van der Waals surface area contributed by atoms with Crippen LogP contribution in [-0.2, 0) is 16.0 Å². The van der Waals surface area contributed by atoms with E-state index < -0.39 is 6.04 Å². The largest absolute Gasteiger partial charge is 0.396 e. The first kappa shape index (κ1) is 18.9. The van der Waals surface area contributed by atoms with Crippen LogP contribution < -0.4 is 0 Å². The van der Waals surface area contributed by atoms with Gasteiger partial charge < -0.3 is 19.9 Å². The van der Waals surface area contributed by atoms with E-state index in [1.165, 1.54) is 0 Å². The van der Waals surface area contributed by atoms with Crippen molar-refractivity contribution in [3.8, 4) is 0 Å². The number of amides is 2. The Morgan fingerprint density at radius 3 is 2.77 bits per heavy atom. The van der Waals surface area contributed by atoms with Crippen molar-refractivity contribution in [2.75, 3.05) is 19.7 Å². The van der Waals surface area contributed by atoms with Crippen molar-refractivity contribution in [1.82, 2.24) is 14.8 Å². The van der Waals surface area contributed by atoms with Gasteiger partial charge in [0.05, 0.1) is 12.6 Å². The summed E-state index contributed by atoms with van der Waals surface area (Å²) in [5.41, 5.74) is 5.27. The number of rotatable bonds is 4. The SMILES string of the molecule is Cc1cccc([C@@H]2c3[nH]c4ccccc4c3C[C@H]3C(=O)N(CCCO)CC(=O)N23)c1. The summed E-state index contributed by atoms with van der Waals surface area (Å²) in [6.07, 6.45) is 0.979. The predicted molar refractivity (Wildman–Crippen MR) is 114 cm³/mol. The normalized spacial score (nSPS) is 21.1. The lowest BCUT2D eigenvalue weighted by Gasteiger charge is -2.47. The van der Waals surface area contributed by atoms with Crippen molar-refractivity contribution in [2.45, 2.75) is 31.8 Å². The molecule has 3 aromatic rings. The molecule has 2 N–H and O–H groups in total. The molecule has 0 radical (unpaired) electrons. The van der Waals surface area contributed by atoms with Crippen LogP contribution in [-0.4, -0.2) is 57.4 Å². The van der Waals surface area contributed by atoms with Gasteiger partial charge in [0.25, 0.3) is 0 Å². The number of aryl methyl sites for hydroxylation is 1. The molecular formula is C24H25N3O3. The molecule has 30 heavy (non-hydrogen) atoms. The molecule has 6 heteroatoms. The van der Waals surface area contributed by atoms with Gasteiger partial charge >= 0.3 is 0 Å². The maximum atomic E-state index is 13.4. The standard InChI is InChI=1S/C24H25N3O3/c1-15-6-4-7-16(12-15)23-22-18(17-8-2-3-9-19(17)25-22)13-20-24(30)26(10-5-11-28)14-21(29)27(20)23/h2-4,6-9,12,20,23,25,28H,5,10-11,13-14H2,1H3/t20-,23+/m0/s1. The lowest BCUT2D eigenvalue weighted by Crippen LogP contribution is -2.63. The number of nitrogens with one attached hydrogen (secondary N) is 1. The Morgan fingerprint density at radius 2 is 1.97 bits per heavy atom. The molecule has 0 saturated carbocycles. The van der Waals surface area contributed by atoms with Crippen molar-refractivity contribution in [2.24, 2.45) is 0 Å². The molecule has 0 bridgehead atoms. The van der Waals surface area contributed by atoms with Crippen molar-refractivity contribution >= 4 is 22.7 Å². The molecule has 2 aromatic carbocycles. The topological polar surface area (TPSA) is 76.6 Å². The van der Waals surface area contributed by atoms with Crippen LogP contribution in [0.15, 0.2) is 48.5 Å². The molecule has 6 nitrogen and oxygen atoms in total. The molecule has 0 unspecified atom stereocenters. The smallest absolute Gasteiger partial charge is 0.246 e. The van der Waals surface area contributed by atoms with Gasteiger partial charge in [0, 0.05) is 36.2 Å². The third-order valence-corrected chi connectivity index (χ3v) is 6.29. The third kappa shape index (κ3) is 2.91. The van der Waals surface area contributed by atoms with Crippen LogP contribution in [0.2, 0.25) is 0 Å². The summed E-state index contributed by atoms with van der Waals surface area (Å²) in [6, 6.07) is 15.4. The lowest BCUT2D eigenvalue weighted by atomic mass is 9.86. The van der Waals surface area contributed by atoms with Crippen LogP contribution in [0.25, 0.3) is 10.9 Å². The Balaban J connectivity index is 1.67. The number of H-pyrrole nitrogens is 1. The molecule has 0 aliphatic carbocycles. The molecule has 1 fully saturated rings. The average molecular weight is 403 g/mol. The molecule has 1 saturated heterocycles. The van der Waals surface area contributed by atoms with Crippen LogP contribution in [0.1, 0.15) is 34.8 Å². The number of hydrogen-bond donors (Lipinski definition) is 2. The number of aliphatic hydroxyl groups is 1. The Labute approximate surface area is 175 Å². The average Bonchev–Trinajstić information content (AvgIpc) is 3.12. The zero-order valence-electron chi connectivity index (χ0n) is 17.0. The van der Waals surface area contributed by atoms with Crippen LogP contribution >= 0.6 is 0 Å². The molecule has 2 atom stereocenters. The van der Waals surface area contributed by atoms with E-state index in [1.54, 1.807) is 9.80 Å². The van der Waals surface area contributed by atoms with Gasteiger partial charge in [-0.2, -0.15) is 0 Å². The second kappa shape index (κ2) is 7.29. The summed E-state index contributed by atoms with van der Waals surface area (Å²) in [5.74, 6) is -0.0787. The molecule has 3 heterocycles. The second-order valence-electron chi connectivity index (χ2n) is 8.24. The number of carbonyl (C=O) groups excluding carboxylic acids is 2. The highest BCUT2D eigenvalue weighted by atomic mass is 16.3. The number of fused-ring (bicyclic) bond motifs is 4. The summed E-state index contributed by atoms with van der Waals surface area (Å²) in [6.45, 7) is 2.51. The minimum atomic E-state index is -0.526. The molecule has 5 rings (SSSR count). The van der Waals surface area contributed by atoms with E-state index in [0.29, 0.717) is 19.4 Å². The van der Waals surface area contributed by atoms with Crippen LogP contribution in [0, 0.1) is 6.92 Å². The van der Waals surface area contributed by atoms with Gasteiger partial charge in [0.1, 0.15) is 6.04 Å². The number of para-hydroxylation sites is 1. The number of carbonyl (C=O) groups is 2. The molecule has 2 aliphatic rings. The van der Waals surface area contributed by atoms with Gasteiger partial charge in [0.15, 0.2) is 0 Å². The number of aliphatic hydroxyl groups excluding tert-OH is 1. The van der Waals surface area contributed by atoms with E-state index in [0.717, 1.165) is 33.3 Å². The van der Waals surface area contributed by atoms with Gasteiger partial charge in [-0.3, -0.25) is 9.59 Å². The summed E-state index contributed by atoms with van der Waals surface area (Å²) in [5, 5.41) is 10.3. The van der Waals surface area contributed by atoms with Crippen LogP contribution in [0.3, 0.4) is 0 Å². The molecule has 2 amide bonds. The molecule has 0 spiro atoms. The molecule has 2 aliphatic heterocycles. The zero-order chi connectivity index (χ0) is 20.8. The third-order valence-electron chi connectivity index (χ3n) is 6.29. The molecular weight excluding hydrogens is 378 g/mol. The second-order valence-corrected chi connectivity index (χ2v) is 8.24. The monoisotopic (exact) mass is 403 g/mol. The van der Waals surface area contributed by atoms with E-state index in [9.17, 15) is 14.7 Å². The van der Waals surface area contributed by atoms with E-state index in [1.807, 2.05) is 43.3 Å². The number of benzene rings is 2. The number of aromatic nitrogens is 1. The summed E-state index contributed by atoms with van der Waals surface area (Å²) in [7, 11) is 0. The highest BCUT2D eigenvalue weighted by Gasteiger charge is 2.48. The van der Waals surface area contributed by atoms with Crippen molar-refractivity contribution in [1.29, 1.82) is 0 Å². The van der Waals surface area contributed by atoms with Gasteiger partial charge in [0.2, 0.25) is 11.8 Å². The first-order valence-electron chi connectivity index (χ1n) is 10.5. The fourth-order valence-corrected chi connectivity index (χ4v) is 4.96. The van der Waals surface area contributed by atoms with Crippen LogP contribution in [0.5, 0.6) is 0 Å². The first-order valence-corrected chi connectivity index (χ1v) is 10.5. The first-order chi connectivity index (χ1) is 14.6. The van der Waals surface area contributed by atoms with Crippen molar-refractivity contribution in [3.05, 3.63) is 70.9 Å². The molecule has 1 aromatic heterocycles. The minimum absolute atomic E-state index is 0.00483. The highest BCUT2D eigenvalue weighted by Crippen LogP contribution is 2.42. The fourth-order valence-electron chi connectivity index (χ4n) is 4.96. The van der Waals surface area contributed by atoms with Crippen LogP contribution in [0.4, 0.5) is 0 Å². The summed E-state index contributed by atoms with van der Waals surface area (Å²) in [4.78, 5) is 33.6. The predicted octanol–water partition coefficient (Wildman–Crippen LogP) is 2.54. The number of piperazine rings is 1. The minimum Gasteiger partial charge on any atom is -0.396 e. The fraction of sp³-hybridized carbons (Fsp3) is 0.333. The quantitative estimate of drug-likeness (QED) is 0.703. The van der Waals surface area contributed by atoms with Gasteiger partial charge in [-0.05, 0) is 30.5 Å². The van der Waals surface area contributed by atoms with E-state index >= 15 is 0 Å². The summed E-state index contributed by atoms with van der Waals surface area (Å²) < 4.78 is 0. The van der Waals surface area contributed by atoms with Gasteiger partial charge in [-0.1, -0.05) is 48.0 Å². The Bertz CT molecular complexity index is 1140. The molecule has 154 valence electrons. The van der Waals surface area contributed by atoms with Gasteiger partial charge in [-0.15, -0.1) is 0 Å². The highest BCUT2D eigenvalue weighted by molar-refractivity contribution is 5.97. The maximum Gasteiger partial charge on any atom is 0.246 e. The maximum absolute atomic E-state index is 13.4. The van der Waals surface area contributed by atoms with Crippen molar-refractivity contribution < 1.29 is 14.7 Å². The zero-order valence-corrected chi connectivity index (χ0v) is 17.0. The van der Waals surface area contributed by atoms with E-state index in [-0.39, 0.29) is 31.0 Å². The Kier molecular flexibility index (Phi) is 4.59. The number of nitrogens with zero attached hydrogens (tertiary/aromatic N) is 2. The lowest BCUT2D eigenvalue weighted by molar-refractivity contribution is -0.158. The van der Waals surface area contributed by atoms with E-state index in [4.69, 9.17) is 0 Å². The number of aromatic amines is 1. The van der Waals surface area contributed by atoms with Crippen molar-refractivity contribution in [3.63, 3.8) is 0 Å². The number of hydrogen-bond acceptors (Lipinski definition) is 3. The van der Waals surface area contributed by atoms with Gasteiger partial charge in [-0.25, -0.2) is 0 Å². The Morgan fingerprint density at radius 1 is 1.13 bits per heavy atom.